The molecule has 2 fully saturated rings. The molecule has 0 aromatic carbocycles. The van der Waals surface area contributed by atoms with Gasteiger partial charge in [0.15, 0.2) is 5.82 Å². The monoisotopic (exact) mass is 415 g/mol. The average molecular weight is 415 g/mol. The van der Waals surface area contributed by atoms with Crippen LogP contribution in [0.1, 0.15) is 80.6 Å². The summed E-state index contributed by atoms with van der Waals surface area (Å²) in [6.07, 6.45) is 5.37. The molecule has 2 aromatic rings. The van der Waals surface area contributed by atoms with Gasteiger partial charge in [0.2, 0.25) is 5.89 Å². The summed E-state index contributed by atoms with van der Waals surface area (Å²) in [5.41, 5.74) is 0.0878. The van der Waals surface area contributed by atoms with Gasteiger partial charge in [-0.3, -0.25) is 4.79 Å². The maximum absolute atomic E-state index is 12.7. The lowest BCUT2D eigenvalue weighted by Gasteiger charge is -2.34. The highest BCUT2D eigenvalue weighted by Crippen LogP contribution is 2.38. The number of hydrogen-bond acceptors (Lipinski definition) is 6. The first-order valence-electron chi connectivity index (χ1n) is 10.6. The van der Waals surface area contributed by atoms with E-state index in [1.165, 1.54) is 0 Å². The summed E-state index contributed by atoms with van der Waals surface area (Å²) in [6.45, 7) is 7.01. The van der Waals surface area contributed by atoms with E-state index in [1.807, 2.05) is 37.6 Å². The lowest BCUT2D eigenvalue weighted by molar-refractivity contribution is 0.0187. The SMILES string of the molecule is CC(C)(C)OC(=O)N1CCC(n2cccc2C(=O)NCc2nc(C3CC3)no2)CC1. The first-order valence-corrected chi connectivity index (χ1v) is 10.6. The fourth-order valence-corrected chi connectivity index (χ4v) is 3.65. The summed E-state index contributed by atoms with van der Waals surface area (Å²) >= 11 is 0. The highest BCUT2D eigenvalue weighted by atomic mass is 16.6. The van der Waals surface area contributed by atoms with Crippen molar-refractivity contribution in [1.29, 1.82) is 0 Å². The van der Waals surface area contributed by atoms with Gasteiger partial charge in [0.25, 0.3) is 5.91 Å². The molecule has 0 unspecified atom stereocenters. The summed E-state index contributed by atoms with van der Waals surface area (Å²) in [7, 11) is 0. The van der Waals surface area contributed by atoms with Gasteiger partial charge in [-0.25, -0.2) is 4.79 Å². The topological polar surface area (TPSA) is 102 Å². The Morgan fingerprint density at radius 2 is 1.97 bits per heavy atom. The number of nitrogens with one attached hydrogen (secondary N) is 1. The van der Waals surface area contributed by atoms with Gasteiger partial charge in [-0.1, -0.05) is 5.16 Å². The van der Waals surface area contributed by atoms with Crippen molar-refractivity contribution in [2.75, 3.05) is 13.1 Å². The van der Waals surface area contributed by atoms with Crippen LogP contribution in [0.15, 0.2) is 22.9 Å². The summed E-state index contributed by atoms with van der Waals surface area (Å²) in [6, 6.07) is 3.83. The van der Waals surface area contributed by atoms with Crippen molar-refractivity contribution in [3.05, 3.63) is 35.7 Å². The predicted molar refractivity (Wildman–Crippen MR) is 108 cm³/mol. The zero-order valence-electron chi connectivity index (χ0n) is 17.8. The van der Waals surface area contributed by atoms with E-state index in [-0.39, 0.29) is 24.6 Å². The van der Waals surface area contributed by atoms with Crippen molar-refractivity contribution >= 4 is 12.0 Å². The molecule has 1 saturated carbocycles. The van der Waals surface area contributed by atoms with E-state index in [0.29, 0.717) is 30.6 Å². The Hall–Kier alpha value is -2.84. The molecule has 0 spiro atoms. The minimum Gasteiger partial charge on any atom is -0.444 e. The molecule has 4 rings (SSSR count). The van der Waals surface area contributed by atoms with Crippen molar-refractivity contribution in [2.24, 2.45) is 0 Å². The fourth-order valence-electron chi connectivity index (χ4n) is 3.65. The normalized spacial score (nSPS) is 17.8. The number of amides is 2. The molecule has 0 bridgehead atoms. The van der Waals surface area contributed by atoms with E-state index >= 15 is 0 Å². The maximum atomic E-state index is 12.7. The molecule has 3 heterocycles. The van der Waals surface area contributed by atoms with Crippen molar-refractivity contribution in [2.45, 2.75) is 70.6 Å². The number of piperidine rings is 1. The molecule has 1 aliphatic carbocycles. The van der Waals surface area contributed by atoms with Gasteiger partial charge in [0.05, 0.1) is 6.54 Å². The Kier molecular flexibility index (Phi) is 5.53. The van der Waals surface area contributed by atoms with Crippen LogP contribution in [-0.4, -0.2) is 50.3 Å². The zero-order valence-corrected chi connectivity index (χ0v) is 17.8. The van der Waals surface area contributed by atoms with Crippen LogP contribution in [0.25, 0.3) is 0 Å². The molecule has 30 heavy (non-hydrogen) atoms. The lowest BCUT2D eigenvalue weighted by Crippen LogP contribution is -2.42. The standard InChI is InChI=1S/C21H29N5O4/c1-21(2,3)29-20(28)25-11-8-15(9-12-25)26-10-4-5-16(26)19(27)22-13-17-23-18(24-30-17)14-6-7-14/h4-5,10,14-15H,6-9,11-13H2,1-3H3,(H,22,27). The highest BCUT2D eigenvalue weighted by Gasteiger charge is 2.30. The lowest BCUT2D eigenvalue weighted by atomic mass is 10.0. The van der Waals surface area contributed by atoms with Gasteiger partial charge >= 0.3 is 6.09 Å². The summed E-state index contributed by atoms with van der Waals surface area (Å²) < 4.78 is 12.7. The molecule has 1 saturated heterocycles. The maximum Gasteiger partial charge on any atom is 0.410 e. The van der Waals surface area contributed by atoms with E-state index in [0.717, 1.165) is 31.5 Å². The summed E-state index contributed by atoms with van der Waals surface area (Å²) in [5, 5.41) is 6.83. The molecule has 0 radical (unpaired) electrons. The predicted octanol–water partition coefficient (Wildman–Crippen LogP) is 3.25. The van der Waals surface area contributed by atoms with E-state index in [9.17, 15) is 9.59 Å². The Morgan fingerprint density at radius 1 is 1.23 bits per heavy atom. The van der Waals surface area contributed by atoms with Gasteiger partial charge in [0.1, 0.15) is 11.3 Å². The molecular formula is C21H29N5O4. The molecular weight excluding hydrogens is 386 g/mol. The summed E-state index contributed by atoms with van der Waals surface area (Å²) in [5.74, 6) is 1.40. The number of likely N-dealkylation sites (tertiary alicyclic amines) is 1. The average Bonchev–Trinajstić information content (AvgIpc) is 3.24. The van der Waals surface area contributed by atoms with Gasteiger partial charge in [-0.15, -0.1) is 0 Å². The third kappa shape index (κ3) is 4.83. The number of carbonyl (C=O) groups is 2. The van der Waals surface area contributed by atoms with E-state index < -0.39 is 5.60 Å². The van der Waals surface area contributed by atoms with Crippen LogP contribution in [0, 0.1) is 0 Å². The van der Waals surface area contributed by atoms with Gasteiger partial charge < -0.3 is 24.0 Å². The van der Waals surface area contributed by atoms with Gasteiger partial charge in [0, 0.05) is 31.2 Å². The summed E-state index contributed by atoms with van der Waals surface area (Å²) in [4.78, 5) is 31.1. The van der Waals surface area contributed by atoms with Crippen LogP contribution in [-0.2, 0) is 11.3 Å². The third-order valence-corrected chi connectivity index (χ3v) is 5.35. The molecule has 9 heteroatoms. The van der Waals surface area contributed by atoms with Crippen molar-refractivity contribution < 1.29 is 18.8 Å². The van der Waals surface area contributed by atoms with Crippen LogP contribution in [0.2, 0.25) is 0 Å². The van der Waals surface area contributed by atoms with E-state index in [2.05, 4.69) is 15.5 Å². The van der Waals surface area contributed by atoms with Crippen LogP contribution in [0.4, 0.5) is 4.79 Å². The van der Waals surface area contributed by atoms with Crippen molar-refractivity contribution in [3.63, 3.8) is 0 Å². The molecule has 0 atom stereocenters. The number of aromatic nitrogens is 3. The first kappa shape index (κ1) is 20.4. The van der Waals surface area contributed by atoms with E-state index in [1.54, 1.807) is 11.0 Å². The minimum atomic E-state index is -0.503. The van der Waals surface area contributed by atoms with Crippen LogP contribution in [0.5, 0.6) is 0 Å². The molecule has 1 aliphatic heterocycles. The molecule has 162 valence electrons. The van der Waals surface area contributed by atoms with Crippen LogP contribution >= 0.6 is 0 Å². The Morgan fingerprint density at radius 3 is 2.63 bits per heavy atom. The molecule has 9 nitrogen and oxygen atoms in total. The number of ether oxygens (including phenoxy) is 1. The number of rotatable bonds is 5. The number of carbonyl (C=O) groups excluding carboxylic acids is 2. The van der Waals surface area contributed by atoms with Gasteiger partial charge in [-0.2, -0.15) is 4.98 Å². The second-order valence-electron chi connectivity index (χ2n) is 9.00. The first-order chi connectivity index (χ1) is 14.3. The smallest absolute Gasteiger partial charge is 0.410 e. The van der Waals surface area contributed by atoms with Crippen LogP contribution < -0.4 is 5.32 Å². The zero-order chi connectivity index (χ0) is 21.3. The fraction of sp³-hybridized carbons (Fsp3) is 0.619. The number of nitrogens with zero attached hydrogens (tertiary/aromatic N) is 4. The molecule has 1 N–H and O–H groups in total. The largest absolute Gasteiger partial charge is 0.444 e. The Bertz CT molecular complexity index is 901. The molecule has 2 aliphatic rings. The van der Waals surface area contributed by atoms with E-state index in [4.69, 9.17) is 9.26 Å². The minimum absolute atomic E-state index is 0.157. The third-order valence-electron chi connectivity index (χ3n) is 5.35. The van der Waals surface area contributed by atoms with Crippen LogP contribution in [0.3, 0.4) is 0 Å². The number of hydrogen-bond donors (Lipinski definition) is 1. The van der Waals surface area contributed by atoms with Gasteiger partial charge in [-0.05, 0) is 58.6 Å². The Balaban J connectivity index is 1.31. The van der Waals surface area contributed by atoms with Crippen molar-refractivity contribution in [1.82, 2.24) is 24.9 Å². The molecule has 2 amide bonds. The Labute approximate surface area is 175 Å². The second kappa shape index (κ2) is 8.12. The highest BCUT2D eigenvalue weighted by molar-refractivity contribution is 5.92. The molecule has 2 aromatic heterocycles. The van der Waals surface area contributed by atoms with Crippen molar-refractivity contribution in [3.8, 4) is 0 Å². The second-order valence-corrected chi connectivity index (χ2v) is 9.00. The quantitative estimate of drug-likeness (QED) is 0.804.